The third kappa shape index (κ3) is 3.39. The Balaban J connectivity index is 2.50. The molecule has 0 unspecified atom stereocenters. The molecule has 1 aromatic heterocycles. The minimum Gasteiger partial charge on any atom is -0.363 e. The van der Waals surface area contributed by atoms with Crippen LogP contribution in [0.1, 0.15) is 0 Å². The molecule has 1 heterocycles. The largest absolute Gasteiger partial charge is 0.363 e. The predicted molar refractivity (Wildman–Crippen MR) is 49.5 cm³/mol. The molecule has 0 fully saturated rings. The lowest BCUT2D eigenvalue weighted by atomic mass is 10.3. The molecule has 1 rings (SSSR count). The average Bonchev–Trinajstić information content (AvgIpc) is 2.17. The van der Waals surface area contributed by atoms with Gasteiger partial charge in [0.15, 0.2) is 0 Å². The number of rotatable bonds is 4. The number of halogens is 3. The Morgan fingerprint density at radius 1 is 1.43 bits per heavy atom. The molecule has 7 heteroatoms. The smallest absolute Gasteiger partial charge is 0.276 e. The zero-order valence-corrected chi connectivity index (χ0v) is 7.93. The van der Waals surface area contributed by atoms with Crippen molar-refractivity contribution in [3.63, 3.8) is 0 Å². The Hall–Kier alpha value is -1.01. The van der Waals surface area contributed by atoms with Crippen molar-refractivity contribution in [3.05, 3.63) is 17.5 Å². The van der Waals surface area contributed by atoms with E-state index in [9.17, 15) is 8.78 Å². The standard InChI is InChI=1S/C7H9ClF2N4/c8-5-1-13-6(2-12-5)14-4-7(9,10)3-11/h1-2H,3-4,11H2,(H,13,14). The maximum Gasteiger partial charge on any atom is 0.276 e. The second kappa shape index (κ2) is 4.47. The van der Waals surface area contributed by atoms with Crippen LogP contribution in [0, 0.1) is 0 Å². The summed E-state index contributed by atoms with van der Waals surface area (Å²) in [6, 6.07) is 0. The van der Waals surface area contributed by atoms with E-state index in [1.807, 2.05) is 0 Å². The number of hydrogen-bond acceptors (Lipinski definition) is 4. The first-order valence-corrected chi connectivity index (χ1v) is 4.20. The fourth-order valence-electron chi connectivity index (χ4n) is 0.696. The van der Waals surface area contributed by atoms with Gasteiger partial charge in [-0.15, -0.1) is 0 Å². The van der Waals surface area contributed by atoms with Gasteiger partial charge in [0.2, 0.25) is 0 Å². The molecule has 0 amide bonds. The monoisotopic (exact) mass is 222 g/mol. The van der Waals surface area contributed by atoms with Crippen LogP contribution in [0.5, 0.6) is 0 Å². The quantitative estimate of drug-likeness (QED) is 0.802. The molecule has 4 nitrogen and oxygen atoms in total. The Bertz CT molecular complexity index is 290. The van der Waals surface area contributed by atoms with E-state index in [1.54, 1.807) is 0 Å². The number of nitrogens with two attached hydrogens (primary N) is 1. The molecule has 0 aliphatic heterocycles. The highest BCUT2D eigenvalue weighted by Gasteiger charge is 2.26. The lowest BCUT2D eigenvalue weighted by molar-refractivity contribution is 0.0253. The van der Waals surface area contributed by atoms with Crippen molar-refractivity contribution in [2.24, 2.45) is 5.73 Å². The van der Waals surface area contributed by atoms with Crippen molar-refractivity contribution in [1.29, 1.82) is 0 Å². The normalized spacial score (nSPS) is 11.4. The molecule has 0 saturated heterocycles. The van der Waals surface area contributed by atoms with Crippen LogP contribution in [-0.4, -0.2) is 29.0 Å². The van der Waals surface area contributed by atoms with E-state index in [-0.39, 0.29) is 11.0 Å². The first-order chi connectivity index (χ1) is 6.53. The van der Waals surface area contributed by atoms with Crippen molar-refractivity contribution in [2.45, 2.75) is 5.92 Å². The van der Waals surface area contributed by atoms with Crippen LogP contribution in [0.25, 0.3) is 0 Å². The summed E-state index contributed by atoms with van der Waals surface area (Å²) in [7, 11) is 0. The van der Waals surface area contributed by atoms with Gasteiger partial charge in [-0.3, -0.25) is 0 Å². The third-order valence-electron chi connectivity index (χ3n) is 1.45. The zero-order valence-electron chi connectivity index (χ0n) is 7.17. The fraction of sp³-hybridized carbons (Fsp3) is 0.429. The van der Waals surface area contributed by atoms with Crippen molar-refractivity contribution in [3.8, 4) is 0 Å². The van der Waals surface area contributed by atoms with E-state index in [4.69, 9.17) is 17.3 Å². The van der Waals surface area contributed by atoms with E-state index in [0.29, 0.717) is 0 Å². The molecule has 0 saturated carbocycles. The topological polar surface area (TPSA) is 63.8 Å². The van der Waals surface area contributed by atoms with Crippen LogP contribution in [0.4, 0.5) is 14.6 Å². The SMILES string of the molecule is NCC(F)(F)CNc1cnc(Cl)cn1. The van der Waals surface area contributed by atoms with E-state index < -0.39 is 19.0 Å². The van der Waals surface area contributed by atoms with Gasteiger partial charge in [-0.1, -0.05) is 11.6 Å². The summed E-state index contributed by atoms with van der Waals surface area (Å²) >= 11 is 5.46. The van der Waals surface area contributed by atoms with Gasteiger partial charge in [0.05, 0.1) is 25.5 Å². The fourth-order valence-corrected chi connectivity index (χ4v) is 0.793. The van der Waals surface area contributed by atoms with Gasteiger partial charge >= 0.3 is 0 Å². The summed E-state index contributed by atoms with van der Waals surface area (Å²) in [5, 5.41) is 2.61. The highest BCUT2D eigenvalue weighted by molar-refractivity contribution is 6.29. The number of nitrogens with one attached hydrogen (secondary N) is 1. The second-order valence-corrected chi connectivity index (χ2v) is 3.03. The molecule has 0 radical (unpaired) electrons. The number of alkyl halides is 2. The molecule has 0 aliphatic rings. The number of anilines is 1. The third-order valence-corrected chi connectivity index (χ3v) is 1.64. The Kier molecular flexibility index (Phi) is 3.54. The predicted octanol–water partition coefficient (Wildman–Crippen LogP) is 1.14. The van der Waals surface area contributed by atoms with Crippen molar-refractivity contribution in [1.82, 2.24) is 9.97 Å². The van der Waals surface area contributed by atoms with Crippen molar-refractivity contribution >= 4 is 17.4 Å². The summed E-state index contributed by atoms with van der Waals surface area (Å²) in [6.45, 7) is -1.28. The summed E-state index contributed by atoms with van der Waals surface area (Å²) in [5.74, 6) is -2.70. The maximum atomic E-state index is 12.7. The Morgan fingerprint density at radius 2 is 2.14 bits per heavy atom. The molecule has 1 aromatic rings. The van der Waals surface area contributed by atoms with E-state index in [0.717, 1.165) is 0 Å². The van der Waals surface area contributed by atoms with E-state index >= 15 is 0 Å². The lowest BCUT2D eigenvalue weighted by Crippen LogP contribution is -2.35. The maximum absolute atomic E-state index is 12.7. The van der Waals surface area contributed by atoms with Crippen LogP contribution >= 0.6 is 11.6 Å². The Labute approximate surface area is 84.5 Å². The first-order valence-electron chi connectivity index (χ1n) is 3.83. The minimum atomic E-state index is -2.94. The van der Waals surface area contributed by atoms with E-state index in [2.05, 4.69) is 15.3 Å². The molecule has 0 atom stereocenters. The number of aromatic nitrogens is 2. The summed E-state index contributed by atoms with van der Waals surface area (Å²) in [6.07, 6.45) is 2.54. The Morgan fingerprint density at radius 3 is 2.64 bits per heavy atom. The van der Waals surface area contributed by atoms with Gasteiger partial charge in [0.25, 0.3) is 5.92 Å². The molecule has 0 spiro atoms. The first kappa shape index (κ1) is 11.1. The van der Waals surface area contributed by atoms with Crippen LogP contribution in [0.3, 0.4) is 0 Å². The van der Waals surface area contributed by atoms with Gasteiger partial charge in [-0.25, -0.2) is 18.7 Å². The van der Waals surface area contributed by atoms with Crippen molar-refractivity contribution in [2.75, 3.05) is 18.4 Å². The average molecular weight is 223 g/mol. The highest BCUT2D eigenvalue weighted by Crippen LogP contribution is 2.12. The van der Waals surface area contributed by atoms with Crippen LogP contribution in [0.15, 0.2) is 12.4 Å². The molecular weight excluding hydrogens is 214 g/mol. The molecule has 0 aliphatic carbocycles. The minimum absolute atomic E-state index is 0.209. The second-order valence-electron chi connectivity index (χ2n) is 2.64. The molecule has 3 N–H and O–H groups in total. The van der Waals surface area contributed by atoms with Crippen LogP contribution < -0.4 is 11.1 Å². The van der Waals surface area contributed by atoms with Gasteiger partial charge in [0, 0.05) is 0 Å². The molecule has 0 aromatic carbocycles. The zero-order chi connectivity index (χ0) is 10.6. The van der Waals surface area contributed by atoms with Gasteiger partial charge < -0.3 is 11.1 Å². The molecule has 78 valence electrons. The van der Waals surface area contributed by atoms with E-state index in [1.165, 1.54) is 12.4 Å². The van der Waals surface area contributed by atoms with Crippen LogP contribution in [0.2, 0.25) is 5.15 Å². The molecule has 0 bridgehead atoms. The van der Waals surface area contributed by atoms with Crippen molar-refractivity contribution < 1.29 is 8.78 Å². The highest BCUT2D eigenvalue weighted by atomic mass is 35.5. The van der Waals surface area contributed by atoms with Crippen LogP contribution in [-0.2, 0) is 0 Å². The van der Waals surface area contributed by atoms with Gasteiger partial charge in [-0.2, -0.15) is 0 Å². The summed E-state index contributed by atoms with van der Waals surface area (Å²) in [5.41, 5.74) is 4.85. The summed E-state index contributed by atoms with van der Waals surface area (Å²) in [4.78, 5) is 7.41. The molecular formula is C7H9ClF2N4. The lowest BCUT2D eigenvalue weighted by Gasteiger charge is -2.14. The van der Waals surface area contributed by atoms with Gasteiger partial charge in [0.1, 0.15) is 11.0 Å². The van der Waals surface area contributed by atoms with Gasteiger partial charge in [-0.05, 0) is 0 Å². The molecule has 14 heavy (non-hydrogen) atoms. The summed E-state index contributed by atoms with van der Waals surface area (Å²) < 4.78 is 25.3. The number of hydrogen-bond donors (Lipinski definition) is 2. The number of nitrogens with zero attached hydrogens (tertiary/aromatic N) is 2.